The van der Waals surface area contributed by atoms with Gasteiger partial charge < -0.3 is 5.11 Å². The lowest BCUT2D eigenvalue weighted by Gasteiger charge is -2.33. The first-order valence-electron chi connectivity index (χ1n) is 6.76. The number of rotatable bonds is 4. The summed E-state index contributed by atoms with van der Waals surface area (Å²) < 4.78 is 26.0. The second-order valence-corrected chi connectivity index (χ2v) is 7.56. The molecule has 108 valence electrons. The highest BCUT2D eigenvalue weighted by Crippen LogP contribution is 2.33. The van der Waals surface area contributed by atoms with Gasteiger partial charge in [0.15, 0.2) is 0 Å². The zero-order chi connectivity index (χ0) is 14.3. The van der Waals surface area contributed by atoms with Crippen LogP contribution in [0.3, 0.4) is 0 Å². The summed E-state index contributed by atoms with van der Waals surface area (Å²) in [6, 6.07) is 6.47. The summed E-state index contributed by atoms with van der Waals surface area (Å²) in [7, 11) is -3.50. The number of hydrogen-bond acceptors (Lipinski definition) is 3. The molecule has 0 unspecified atom stereocenters. The zero-order valence-corrected chi connectivity index (χ0v) is 11.8. The molecule has 0 radical (unpaired) electrons. The highest BCUT2D eigenvalue weighted by molar-refractivity contribution is 7.89. The minimum atomic E-state index is -3.50. The van der Waals surface area contributed by atoms with Gasteiger partial charge in [-0.15, -0.1) is 0 Å². The number of aliphatic carboxylic acids is 1. The molecule has 1 fully saturated rings. The summed E-state index contributed by atoms with van der Waals surface area (Å²) in [4.78, 5) is 11.4. The highest BCUT2D eigenvalue weighted by Gasteiger charge is 2.41. The topological polar surface area (TPSA) is 74.7 Å². The van der Waals surface area contributed by atoms with Gasteiger partial charge in [0, 0.05) is 13.0 Å². The van der Waals surface area contributed by atoms with Crippen molar-refractivity contribution < 1.29 is 18.3 Å². The molecule has 6 heteroatoms. The molecule has 1 atom stereocenters. The molecule has 0 saturated heterocycles. The molecule has 1 aliphatic heterocycles. The molecule has 0 aromatic heterocycles. The molecule has 3 rings (SSSR count). The summed E-state index contributed by atoms with van der Waals surface area (Å²) in [6.45, 7) is 0.169. The van der Waals surface area contributed by atoms with Crippen LogP contribution in [0.2, 0.25) is 0 Å². The smallest absolute Gasteiger partial charge is 0.322 e. The van der Waals surface area contributed by atoms with Crippen molar-refractivity contribution in [2.45, 2.75) is 31.8 Å². The Balaban J connectivity index is 1.93. The lowest BCUT2D eigenvalue weighted by molar-refractivity contribution is -0.141. The van der Waals surface area contributed by atoms with E-state index in [1.165, 1.54) is 4.31 Å². The van der Waals surface area contributed by atoms with Gasteiger partial charge in [-0.1, -0.05) is 24.3 Å². The summed E-state index contributed by atoms with van der Waals surface area (Å²) in [5.74, 6) is -0.774. The lowest BCUT2D eigenvalue weighted by Crippen LogP contribution is -2.49. The molecule has 1 heterocycles. The van der Waals surface area contributed by atoms with E-state index >= 15 is 0 Å². The molecular formula is C14H17NO4S. The fraction of sp³-hybridized carbons (Fsp3) is 0.500. The normalized spacial score (nSPS) is 23.3. The van der Waals surface area contributed by atoms with Gasteiger partial charge in [0.1, 0.15) is 6.04 Å². The van der Waals surface area contributed by atoms with Crippen molar-refractivity contribution in [2.75, 3.05) is 5.75 Å². The predicted molar refractivity (Wildman–Crippen MR) is 73.6 cm³/mol. The van der Waals surface area contributed by atoms with E-state index in [-0.39, 0.29) is 24.6 Å². The summed E-state index contributed by atoms with van der Waals surface area (Å²) in [5.41, 5.74) is 1.84. The molecule has 1 aromatic carbocycles. The molecular weight excluding hydrogens is 278 g/mol. The Labute approximate surface area is 118 Å². The van der Waals surface area contributed by atoms with E-state index in [1.54, 1.807) is 0 Å². The van der Waals surface area contributed by atoms with E-state index in [4.69, 9.17) is 0 Å². The number of carbonyl (C=O) groups is 1. The van der Waals surface area contributed by atoms with Gasteiger partial charge in [-0.3, -0.25) is 4.79 Å². The second-order valence-electron chi connectivity index (χ2n) is 5.59. The van der Waals surface area contributed by atoms with Gasteiger partial charge in [-0.2, -0.15) is 4.31 Å². The Morgan fingerprint density at radius 3 is 2.50 bits per heavy atom. The zero-order valence-electron chi connectivity index (χ0n) is 11.0. The van der Waals surface area contributed by atoms with Crippen LogP contribution in [0.15, 0.2) is 24.3 Å². The van der Waals surface area contributed by atoms with Crippen LogP contribution >= 0.6 is 0 Å². The molecule has 2 aliphatic rings. The molecule has 0 bridgehead atoms. The van der Waals surface area contributed by atoms with Crippen molar-refractivity contribution in [1.29, 1.82) is 0 Å². The van der Waals surface area contributed by atoms with E-state index in [2.05, 4.69) is 0 Å². The number of sulfonamides is 1. The molecule has 1 N–H and O–H groups in total. The van der Waals surface area contributed by atoms with Crippen LogP contribution < -0.4 is 0 Å². The van der Waals surface area contributed by atoms with E-state index in [1.807, 2.05) is 24.3 Å². The summed E-state index contributed by atoms with van der Waals surface area (Å²) >= 11 is 0. The van der Waals surface area contributed by atoms with Gasteiger partial charge in [0.05, 0.1) is 5.75 Å². The highest BCUT2D eigenvalue weighted by atomic mass is 32.2. The maximum Gasteiger partial charge on any atom is 0.322 e. The van der Waals surface area contributed by atoms with Crippen LogP contribution in [0, 0.1) is 5.92 Å². The van der Waals surface area contributed by atoms with Gasteiger partial charge >= 0.3 is 5.97 Å². The third-order valence-corrected chi connectivity index (χ3v) is 5.98. The largest absolute Gasteiger partial charge is 0.480 e. The van der Waals surface area contributed by atoms with Gasteiger partial charge in [-0.05, 0) is 29.9 Å². The fourth-order valence-corrected chi connectivity index (χ4v) is 4.69. The van der Waals surface area contributed by atoms with Crippen molar-refractivity contribution in [2.24, 2.45) is 5.92 Å². The Morgan fingerprint density at radius 1 is 1.25 bits per heavy atom. The first-order chi connectivity index (χ1) is 9.47. The monoisotopic (exact) mass is 295 g/mol. The van der Waals surface area contributed by atoms with E-state index in [0.717, 1.165) is 24.0 Å². The van der Waals surface area contributed by atoms with Crippen LogP contribution in [-0.4, -0.2) is 35.6 Å². The Morgan fingerprint density at radius 2 is 1.90 bits per heavy atom. The average Bonchev–Trinajstić information content (AvgIpc) is 3.20. The van der Waals surface area contributed by atoms with Crippen molar-refractivity contribution in [1.82, 2.24) is 4.31 Å². The Kier molecular flexibility index (Phi) is 3.30. The third kappa shape index (κ3) is 2.58. The van der Waals surface area contributed by atoms with E-state index < -0.39 is 22.0 Å². The molecule has 1 aliphatic carbocycles. The standard InChI is InChI=1S/C14H17NO4S/c16-14(17)13-7-11-3-1-2-4-12(11)8-15(13)20(18,19)9-10-5-6-10/h1-4,10,13H,5-9H2,(H,16,17)/t13-/m1/s1. The van der Waals surface area contributed by atoms with E-state index in [9.17, 15) is 18.3 Å². The maximum atomic E-state index is 12.4. The number of carboxylic acids is 1. The number of fused-ring (bicyclic) bond motifs is 1. The minimum Gasteiger partial charge on any atom is -0.480 e. The third-order valence-electron chi connectivity index (χ3n) is 3.99. The van der Waals surface area contributed by atoms with Crippen molar-refractivity contribution in [3.05, 3.63) is 35.4 Å². The summed E-state index contributed by atoms with van der Waals surface area (Å²) in [6.07, 6.45) is 2.11. The Bertz CT molecular complexity index is 636. The molecule has 1 saturated carbocycles. The Hall–Kier alpha value is -1.40. The van der Waals surface area contributed by atoms with Crippen LogP contribution in [0.1, 0.15) is 24.0 Å². The fourth-order valence-electron chi connectivity index (χ4n) is 2.68. The SMILES string of the molecule is O=C(O)[C@H]1Cc2ccccc2CN1S(=O)(=O)CC1CC1. The van der Waals surface area contributed by atoms with Crippen LogP contribution in [0.5, 0.6) is 0 Å². The quantitative estimate of drug-likeness (QED) is 0.907. The van der Waals surface area contributed by atoms with Crippen LogP contribution in [0.25, 0.3) is 0 Å². The van der Waals surface area contributed by atoms with E-state index in [0.29, 0.717) is 0 Å². The molecule has 0 spiro atoms. The van der Waals surface area contributed by atoms with Crippen molar-refractivity contribution in [3.63, 3.8) is 0 Å². The molecule has 1 aromatic rings. The predicted octanol–water partition coefficient (Wildman–Crippen LogP) is 1.24. The average molecular weight is 295 g/mol. The first-order valence-corrected chi connectivity index (χ1v) is 8.37. The maximum absolute atomic E-state index is 12.4. The molecule has 5 nitrogen and oxygen atoms in total. The number of nitrogens with zero attached hydrogens (tertiary/aromatic N) is 1. The van der Waals surface area contributed by atoms with Crippen molar-refractivity contribution >= 4 is 16.0 Å². The van der Waals surface area contributed by atoms with Gasteiger partial charge in [0.25, 0.3) is 0 Å². The van der Waals surface area contributed by atoms with Crippen LogP contribution in [-0.2, 0) is 27.8 Å². The minimum absolute atomic E-state index is 0.0823. The van der Waals surface area contributed by atoms with Crippen LogP contribution in [0.4, 0.5) is 0 Å². The van der Waals surface area contributed by atoms with Crippen molar-refractivity contribution in [3.8, 4) is 0 Å². The summed E-state index contributed by atoms with van der Waals surface area (Å²) in [5, 5.41) is 9.34. The van der Waals surface area contributed by atoms with Gasteiger partial charge in [0.2, 0.25) is 10.0 Å². The number of hydrogen-bond donors (Lipinski definition) is 1. The molecule has 0 amide bonds. The number of benzene rings is 1. The number of carboxylic acid groups (broad SMARTS) is 1. The van der Waals surface area contributed by atoms with Gasteiger partial charge in [-0.25, -0.2) is 8.42 Å². The first kappa shape index (κ1) is 13.6. The second kappa shape index (κ2) is 4.86. The lowest BCUT2D eigenvalue weighted by atomic mass is 9.96. The molecule has 20 heavy (non-hydrogen) atoms.